The maximum absolute atomic E-state index is 12.6. The van der Waals surface area contributed by atoms with E-state index in [0.717, 1.165) is 5.75 Å². The van der Waals surface area contributed by atoms with Crippen LogP contribution < -0.4 is 9.47 Å². The summed E-state index contributed by atoms with van der Waals surface area (Å²) < 4.78 is 13.1. The van der Waals surface area contributed by atoms with Crippen LogP contribution in [0.2, 0.25) is 5.02 Å². The van der Waals surface area contributed by atoms with Gasteiger partial charge in [-0.05, 0) is 19.1 Å². The van der Waals surface area contributed by atoms with Gasteiger partial charge in [0, 0.05) is 14.1 Å². The number of carbonyl (C=O) groups is 1. The van der Waals surface area contributed by atoms with Crippen molar-refractivity contribution in [1.29, 1.82) is 0 Å². The summed E-state index contributed by atoms with van der Waals surface area (Å²) in [5.74, 6) is 1.22. The number of para-hydroxylation sites is 2. The van der Waals surface area contributed by atoms with E-state index >= 15 is 0 Å². The van der Waals surface area contributed by atoms with Crippen molar-refractivity contribution >= 4 is 17.5 Å². The fourth-order valence-electron chi connectivity index (χ4n) is 2.59. The van der Waals surface area contributed by atoms with Gasteiger partial charge < -0.3 is 14.4 Å². The van der Waals surface area contributed by atoms with Gasteiger partial charge >= 0.3 is 0 Å². The van der Waals surface area contributed by atoms with Gasteiger partial charge in [0.25, 0.3) is 5.91 Å². The van der Waals surface area contributed by atoms with Crippen LogP contribution in [0.5, 0.6) is 11.5 Å². The van der Waals surface area contributed by atoms with Crippen LogP contribution in [-0.4, -0.2) is 46.9 Å². The SMILES string of the molecule is Cc1nn(C)c(C(=O)N(C)CC2COc3ccccc3O2)c1Cl. The van der Waals surface area contributed by atoms with Crippen LogP contribution in [0.3, 0.4) is 0 Å². The normalized spacial score (nSPS) is 16.3. The van der Waals surface area contributed by atoms with Crippen molar-refractivity contribution in [3.8, 4) is 11.5 Å². The Labute approximate surface area is 139 Å². The van der Waals surface area contributed by atoms with Crippen LogP contribution in [0.1, 0.15) is 16.2 Å². The molecule has 1 aromatic heterocycles. The summed E-state index contributed by atoms with van der Waals surface area (Å²) in [6, 6.07) is 7.49. The third-order valence-corrected chi connectivity index (χ3v) is 4.20. The zero-order chi connectivity index (χ0) is 16.6. The molecule has 0 saturated heterocycles. The Hall–Kier alpha value is -2.21. The number of ether oxygens (including phenoxy) is 2. The summed E-state index contributed by atoms with van der Waals surface area (Å²) in [5.41, 5.74) is 1.01. The molecular weight excluding hydrogens is 318 g/mol. The van der Waals surface area contributed by atoms with E-state index in [4.69, 9.17) is 21.1 Å². The van der Waals surface area contributed by atoms with E-state index in [1.807, 2.05) is 24.3 Å². The number of halogens is 1. The molecule has 0 bridgehead atoms. The molecule has 0 aliphatic carbocycles. The number of carbonyl (C=O) groups excluding carboxylic acids is 1. The standard InChI is InChI=1S/C16H18ClN3O3/c1-10-14(17)15(20(3)18-10)16(21)19(2)8-11-9-22-12-6-4-5-7-13(12)23-11/h4-7,11H,8-9H2,1-3H3. The maximum Gasteiger partial charge on any atom is 0.273 e. The van der Waals surface area contributed by atoms with Gasteiger partial charge in [-0.25, -0.2) is 0 Å². The molecule has 1 aliphatic heterocycles. The first-order valence-electron chi connectivity index (χ1n) is 7.30. The number of hydrogen-bond donors (Lipinski definition) is 0. The summed E-state index contributed by atoms with van der Waals surface area (Å²) in [6.07, 6.45) is -0.230. The van der Waals surface area contributed by atoms with Crippen molar-refractivity contribution in [3.63, 3.8) is 0 Å². The topological polar surface area (TPSA) is 56.6 Å². The Morgan fingerprint density at radius 1 is 1.43 bits per heavy atom. The first-order chi connectivity index (χ1) is 11.0. The molecule has 0 fully saturated rings. The van der Waals surface area contributed by atoms with Crippen molar-refractivity contribution in [2.75, 3.05) is 20.2 Å². The van der Waals surface area contributed by atoms with Crippen molar-refractivity contribution < 1.29 is 14.3 Å². The molecule has 1 amide bonds. The van der Waals surface area contributed by atoms with Crippen LogP contribution in [-0.2, 0) is 7.05 Å². The lowest BCUT2D eigenvalue weighted by Crippen LogP contribution is -2.42. The molecule has 2 aromatic rings. The molecule has 122 valence electrons. The molecule has 1 unspecified atom stereocenters. The molecule has 0 radical (unpaired) electrons. The Kier molecular flexibility index (Phi) is 4.17. The molecule has 2 heterocycles. The van der Waals surface area contributed by atoms with Crippen LogP contribution in [0.4, 0.5) is 0 Å². The summed E-state index contributed by atoms with van der Waals surface area (Å²) in [4.78, 5) is 14.2. The zero-order valence-electron chi connectivity index (χ0n) is 13.2. The predicted octanol–water partition coefficient (Wildman–Crippen LogP) is 2.29. The number of aryl methyl sites for hydroxylation is 2. The quantitative estimate of drug-likeness (QED) is 0.863. The molecule has 6 nitrogen and oxygen atoms in total. The molecule has 0 spiro atoms. The third-order valence-electron chi connectivity index (χ3n) is 3.74. The van der Waals surface area contributed by atoms with Gasteiger partial charge in [0.05, 0.1) is 17.3 Å². The Morgan fingerprint density at radius 2 is 2.13 bits per heavy atom. The highest BCUT2D eigenvalue weighted by Gasteiger charge is 2.27. The molecule has 0 N–H and O–H groups in total. The van der Waals surface area contributed by atoms with E-state index < -0.39 is 0 Å². The lowest BCUT2D eigenvalue weighted by molar-refractivity contribution is 0.0514. The minimum absolute atomic E-state index is 0.194. The number of nitrogens with zero attached hydrogens (tertiary/aromatic N) is 3. The van der Waals surface area contributed by atoms with Crippen molar-refractivity contribution in [2.45, 2.75) is 13.0 Å². The number of amides is 1. The second-order valence-corrected chi connectivity index (χ2v) is 5.93. The lowest BCUT2D eigenvalue weighted by atomic mass is 10.2. The monoisotopic (exact) mass is 335 g/mol. The van der Waals surface area contributed by atoms with Gasteiger partial charge in [-0.2, -0.15) is 5.10 Å². The van der Waals surface area contributed by atoms with E-state index in [2.05, 4.69) is 5.10 Å². The second-order valence-electron chi connectivity index (χ2n) is 5.55. The highest BCUT2D eigenvalue weighted by atomic mass is 35.5. The minimum atomic E-state index is -0.230. The van der Waals surface area contributed by atoms with Gasteiger partial charge in [0.2, 0.25) is 0 Å². The van der Waals surface area contributed by atoms with Crippen molar-refractivity contribution in [1.82, 2.24) is 14.7 Å². The number of likely N-dealkylation sites (N-methyl/N-ethyl adjacent to an activating group) is 1. The van der Waals surface area contributed by atoms with E-state index in [0.29, 0.717) is 35.3 Å². The first-order valence-corrected chi connectivity index (χ1v) is 7.68. The molecule has 7 heteroatoms. The van der Waals surface area contributed by atoms with Crippen LogP contribution in [0.15, 0.2) is 24.3 Å². The van der Waals surface area contributed by atoms with Crippen LogP contribution >= 0.6 is 11.6 Å². The molecule has 1 aliphatic rings. The molecule has 1 atom stereocenters. The number of aromatic nitrogens is 2. The molecular formula is C16H18ClN3O3. The van der Waals surface area contributed by atoms with Crippen molar-refractivity contribution in [2.24, 2.45) is 7.05 Å². The maximum atomic E-state index is 12.6. The fourth-order valence-corrected chi connectivity index (χ4v) is 2.83. The molecule has 1 aromatic carbocycles. The van der Waals surface area contributed by atoms with Gasteiger partial charge in [-0.3, -0.25) is 9.48 Å². The average molecular weight is 336 g/mol. The molecule has 23 heavy (non-hydrogen) atoms. The van der Waals surface area contributed by atoms with Gasteiger partial charge in [-0.15, -0.1) is 0 Å². The fraction of sp³-hybridized carbons (Fsp3) is 0.375. The Morgan fingerprint density at radius 3 is 2.78 bits per heavy atom. The first kappa shape index (κ1) is 15.7. The summed E-state index contributed by atoms with van der Waals surface area (Å²) in [7, 11) is 3.42. The summed E-state index contributed by atoms with van der Waals surface area (Å²) in [5, 5.41) is 4.56. The van der Waals surface area contributed by atoms with Gasteiger partial charge in [0.1, 0.15) is 12.3 Å². The number of rotatable bonds is 3. The molecule has 3 rings (SSSR count). The largest absolute Gasteiger partial charge is 0.486 e. The van der Waals surface area contributed by atoms with E-state index in [1.54, 1.807) is 25.9 Å². The second kappa shape index (κ2) is 6.12. The van der Waals surface area contributed by atoms with Gasteiger partial charge in [0.15, 0.2) is 17.6 Å². The zero-order valence-corrected chi connectivity index (χ0v) is 14.0. The van der Waals surface area contributed by atoms with E-state index in [-0.39, 0.29) is 12.0 Å². The lowest BCUT2D eigenvalue weighted by Gasteiger charge is -2.29. The molecule has 0 saturated carbocycles. The van der Waals surface area contributed by atoms with E-state index in [9.17, 15) is 4.79 Å². The Balaban J connectivity index is 1.70. The predicted molar refractivity (Wildman–Crippen MR) is 86.3 cm³/mol. The van der Waals surface area contributed by atoms with Gasteiger partial charge in [-0.1, -0.05) is 23.7 Å². The minimum Gasteiger partial charge on any atom is -0.486 e. The smallest absolute Gasteiger partial charge is 0.273 e. The average Bonchev–Trinajstić information content (AvgIpc) is 2.79. The third kappa shape index (κ3) is 2.99. The van der Waals surface area contributed by atoms with E-state index in [1.165, 1.54) is 4.68 Å². The van der Waals surface area contributed by atoms with Crippen LogP contribution in [0, 0.1) is 6.92 Å². The number of benzene rings is 1. The number of hydrogen-bond acceptors (Lipinski definition) is 4. The summed E-state index contributed by atoms with van der Waals surface area (Å²) in [6.45, 7) is 2.56. The summed E-state index contributed by atoms with van der Waals surface area (Å²) >= 11 is 6.18. The van der Waals surface area contributed by atoms with Crippen molar-refractivity contribution in [3.05, 3.63) is 40.7 Å². The van der Waals surface area contributed by atoms with Crippen LogP contribution in [0.25, 0.3) is 0 Å². The highest BCUT2D eigenvalue weighted by Crippen LogP contribution is 2.31. The number of fused-ring (bicyclic) bond motifs is 1. The Bertz CT molecular complexity index is 744. The highest BCUT2D eigenvalue weighted by molar-refractivity contribution is 6.34.